The summed E-state index contributed by atoms with van der Waals surface area (Å²) in [6.07, 6.45) is -1.21. The number of carbonyl (C=O) groups is 1. The first-order valence-electron chi connectivity index (χ1n) is 14.1. The number of fused-ring (bicyclic) bond motifs is 1. The number of rotatable bonds is 8. The van der Waals surface area contributed by atoms with Crippen LogP contribution in [0.15, 0.2) is 66.9 Å². The molecule has 6 rings (SSSR count). The van der Waals surface area contributed by atoms with E-state index < -0.39 is 17.6 Å². The number of amides is 1. The molecule has 0 atom stereocenters. The molecule has 3 aromatic heterocycles. The molecule has 10 nitrogen and oxygen atoms in total. The summed E-state index contributed by atoms with van der Waals surface area (Å²) in [4.78, 5) is 27.3. The van der Waals surface area contributed by atoms with E-state index >= 15 is 0 Å². The van der Waals surface area contributed by atoms with E-state index in [1.54, 1.807) is 30.0 Å². The molecule has 13 heteroatoms. The van der Waals surface area contributed by atoms with Gasteiger partial charge in [0.2, 0.25) is 0 Å². The number of aliphatic hydroxyl groups is 1. The second kappa shape index (κ2) is 12.0. The second-order valence-electron chi connectivity index (χ2n) is 10.7. The highest BCUT2D eigenvalue weighted by Gasteiger charge is 2.31. The van der Waals surface area contributed by atoms with Crippen molar-refractivity contribution in [1.82, 2.24) is 24.7 Å². The molecule has 228 valence electrons. The van der Waals surface area contributed by atoms with Gasteiger partial charge in [0.1, 0.15) is 17.3 Å². The number of anilines is 2. The predicted octanol–water partition coefficient (Wildman–Crippen LogP) is 5.36. The molecule has 1 aliphatic rings. The van der Waals surface area contributed by atoms with Crippen molar-refractivity contribution in [1.29, 1.82) is 0 Å². The zero-order valence-corrected chi connectivity index (χ0v) is 23.8. The number of benzene rings is 2. The lowest BCUT2D eigenvalue weighted by Crippen LogP contribution is -2.35. The third-order valence-electron chi connectivity index (χ3n) is 7.77. The van der Waals surface area contributed by atoms with Crippen molar-refractivity contribution >= 4 is 28.6 Å². The number of pyridine rings is 1. The van der Waals surface area contributed by atoms with Gasteiger partial charge in [-0.3, -0.25) is 9.48 Å². The van der Waals surface area contributed by atoms with Gasteiger partial charge in [0, 0.05) is 32.0 Å². The molecule has 3 N–H and O–H groups in total. The fourth-order valence-corrected chi connectivity index (χ4v) is 5.24. The summed E-state index contributed by atoms with van der Waals surface area (Å²) in [7, 11) is 1.57. The van der Waals surface area contributed by atoms with E-state index in [1.807, 2.05) is 24.3 Å². The van der Waals surface area contributed by atoms with Crippen molar-refractivity contribution in [2.24, 2.45) is 5.92 Å². The normalized spacial score (nSPS) is 14.2. The molecule has 0 spiro atoms. The molecular weight excluding hydrogens is 575 g/mol. The number of hydrogen-bond donors (Lipinski definition) is 3. The number of carbonyl (C=O) groups excluding carboxylic acids is 1. The minimum Gasteiger partial charge on any atom is -0.497 e. The van der Waals surface area contributed by atoms with Crippen LogP contribution in [-0.4, -0.2) is 62.6 Å². The summed E-state index contributed by atoms with van der Waals surface area (Å²) in [6.45, 7) is 2.06. The van der Waals surface area contributed by atoms with Crippen LogP contribution in [0.25, 0.3) is 22.6 Å². The summed E-state index contributed by atoms with van der Waals surface area (Å²) < 4.78 is 46.8. The van der Waals surface area contributed by atoms with Crippen molar-refractivity contribution in [3.8, 4) is 17.3 Å². The van der Waals surface area contributed by atoms with Crippen LogP contribution in [0.3, 0.4) is 0 Å². The number of alkyl halides is 3. The van der Waals surface area contributed by atoms with Gasteiger partial charge in [-0.05, 0) is 66.8 Å². The summed E-state index contributed by atoms with van der Waals surface area (Å²) in [5.41, 5.74) is 1.49. The molecule has 5 aromatic rings. The quantitative estimate of drug-likeness (QED) is 0.218. The Morgan fingerprint density at radius 3 is 2.52 bits per heavy atom. The van der Waals surface area contributed by atoms with E-state index in [4.69, 9.17) is 4.74 Å². The van der Waals surface area contributed by atoms with Gasteiger partial charge in [0.05, 0.1) is 35.8 Å². The first kappa shape index (κ1) is 29.2. The van der Waals surface area contributed by atoms with Gasteiger partial charge in [-0.25, -0.2) is 9.97 Å². The topological polar surface area (TPSA) is 121 Å². The van der Waals surface area contributed by atoms with Crippen molar-refractivity contribution in [2.75, 3.05) is 37.0 Å². The first-order chi connectivity index (χ1) is 21.2. The molecule has 1 amide bonds. The van der Waals surface area contributed by atoms with E-state index in [1.165, 1.54) is 12.3 Å². The van der Waals surface area contributed by atoms with Gasteiger partial charge in [-0.2, -0.15) is 18.3 Å². The Hall–Kier alpha value is -4.91. The van der Waals surface area contributed by atoms with Crippen LogP contribution in [-0.2, 0) is 12.7 Å². The number of hydrogen-bond acceptors (Lipinski definition) is 7. The highest BCUT2D eigenvalue weighted by atomic mass is 19.4. The lowest BCUT2D eigenvalue weighted by molar-refractivity contribution is -0.137. The van der Waals surface area contributed by atoms with Crippen molar-refractivity contribution in [3.63, 3.8) is 0 Å². The fourth-order valence-electron chi connectivity index (χ4n) is 5.24. The lowest BCUT2D eigenvalue weighted by Gasteiger charge is -2.31. The van der Waals surface area contributed by atoms with Crippen LogP contribution < -0.4 is 15.0 Å². The van der Waals surface area contributed by atoms with E-state index in [2.05, 4.69) is 30.3 Å². The van der Waals surface area contributed by atoms with Gasteiger partial charge in [0.15, 0.2) is 11.6 Å². The van der Waals surface area contributed by atoms with Gasteiger partial charge >= 0.3 is 6.18 Å². The molecule has 1 fully saturated rings. The Morgan fingerprint density at radius 2 is 1.86 bits per heavy atom. The minimum absolute atomic E-state index is 0.157. The largest absolute Gasteiger partial charge is 0.497 e. The number of piperidine rings is 1. The lowest BCUT2D eigenvalue weighted by atomic mass is 9.98. The molecule has 0 aliphatic carbocycles. The summed E-state index contributed by atoms with van der Waals surface area (Å²) in [6, 6.07) is 15.8. The van der Waals surface area contributed by atoms with Crippen LogP contribution in [0.5, 0.6) is 5.75 Å². The van der Waals surface area contributed by atoms with Crippen LogP contribution >= 0.6 is 0 Å². The Labute approximate surface area is 250 Å². The van der Waals surface area contributed by atoms with Crippen molar-refractivity contribution < 1.29 is 27.8 Å². The zero-order valence-electron chi connectivity index (χ0n) is 23.8. The molecule has 2 aromatic carbocycles. The van der Waals surface area contributed by atoms with Crippen molar-refractivity contribution in [3.05, 3.63) is 83.6 Å². The number of aliphatic hydroxyl groups excluding tert-OH is 1. The fraction of sp³-hybridized carbons (Fsp3) is 0.290. The second-order valence-corrected chi connectivity index (χ2v) is 10.7. The van der Waals surface area contributed by atoms with E-state index in [9.17, 15) is 23.1 Å². The Morgan fingerprint density at radius 1 is 1.09 bits per heavy atom. The first-order valence-corrected chi connectivity index (χ1v) is 14.1. The monoisotopic (exact) mass is 605 g/mol. The molecule has 0 saturated carbocycles. The number of aromatic amines is 1. The van der Waals surface area contributed by atoms with Gasteiger partial charge in [-0.1, -0.05) is 12.1 Å². The zero-order chi connectivity index (χ0) is 30.8. The summed E-state index contributed by atoms with van der Waals surface area (Å²) in [5, 5.41) is 16.8. The van der Waals surface area contributed by atoms with Crippen LogP contribution in [0.1, 0.15) is 34.3 Å². The van der Waals surface area contributed by atoms with E-state index in [0.717, 1.165) is 49.4 Å². The summed E-state index contributed by atoms with van der Waals surface area (Å²) >= 11 is 0. The number of aromatic nitrogens is 5. The number of imidazole rings is 1. The predicted molar refractivity (Wildman–Crippen MR) is 159 cm³/mol. The van der Waals surface area contributed by atoms with E-state index in [0.29, 0.717) is 40.8 Å². The molecule has 0 bridgehead atoms. The molecule has 0 unspecified atom stereocenters. The highest BCUT2D eigenvalue weighted by molar-refractivity contribution is 6.03. The number of ether oxygens (including phenoxy) is 1. The van der Waals surface area contributed by atoms with E-state index in [-0.39, 0.29) is 17.9 Å². The Balaban J connectivity index is 1.26. The average molecular weight is 606 g/mol. The highest BCUT2D eigenvalue weighted by Crippen LogP contribution is 2.32. The SMILES string of the molecule is COc1ccc(Cn2nc(NC(=O)c3ccc(N4CCC(CO)CC4)nc3)cc2-c2nc3cc(C(F)(F)F)ccc3[nH]2)cc1. The maximum Gasteiger partial charge on any atom is 0.416 e. The third-order valence-corrected chi connectivity index (χ3v) is 7.77. The maximum atomic E-state index is 13.3. The molecule has 0 radical (unpaired) electrons. The smallest absolute Gasteiger partial charge is 0.416 e. The third kappa shape index (κ3) is 6.23. The summed E-state index contributed by atoms with van der Waals surface area (Å²) in [5.74, 6) is 1.89. The van der Waals surface area contributed by atoms with Crippen LogP contribution in [0.2, 0.25) is 0 Å². The molecule has 44 heavy (non-hydrogen) atoms. The molecule has 1 saturated heterocycles. The number of H-pyrrole nitrogens is 1. The Kier molecular flexibility index (Phi) is 7.95. The van der Waals surface area contributed by atoms with Crippen LogP contribution in [0, 0.1) is 5.92 Å². The maximum absolute atomic E-state index is 13.3. The number of nitrogens with zero attached hydrogens (tertiary/aromatic N) is 5. The standard InChI is InChI=1S/C31H30F3N7O3/c1-44-23-6-2-19(3-7-23)17-41-26(29-36-24-8-5-22(31(32,33)34)14-25(24)37-29)15-27(39-41)38-30(43)21-4-9-28(35-16-21)40-12-10-20(18-42)11-13-40/h2-9,14-16,20,42H,10-13,17-18H2,1H3,(H,36,37)(H,38,39,43). The molecule has 1 aliphatic heterocycles. The number of nitrogens with one attached hydrogen (secondary N) is 2. The number of methoxy groups -OCH3 is 1. The number of halogens is 3. The average Bonchev–Trinajstić information content (AvgIpc) is 3.64. The van der Waals surface area contributed by atoms with Crippen LogP contribution in [0.4, 0.5) is 24.8 Å². The van der Waals surface area contributed by atoms with Crippen molar-refractivity contribution in [2.45, 2.75) is 25.6 Å². The van der Waals surface area contributed by atoms with Gasteiger partial charge in [0.25, 0.3) is 5.91 Å². The molecular formula is C31H30F3N7O3. The minimum atomic E-state index is -4.50. The van der Waals surface area contributed by atoms with Gasteiger partial charge in [-0.15, -0.1) is 0 Å². The Bertz CT molecular complexity index is 1760. The van der Waals surface area contributed by atoms with Gasteiger partial charge < -0.3 is 25.0 Å². The molecule has 4 heterocycles.